The molecule has 0 bridgehead atoms. The molecule has 0 saturated carbocycles. The highest BCUT2D eigenvalue weighted by Crippen LogP contribution is 2.10. The van der Waals surface area contributed by atoms with Crippen molar-refractivity contribution >= 4 is 6.09 Å². The fraction of sp³-hybridized carbons (Fsp3) is 0.938. The van der Waals surface area contributed by atoms with Gasteiger partial charge in [-0.25, -0.2) is 4.79 Å². The first kappa shape index (κ1) is 19.2. The molecule has 1 heterocycles. The molecule has 0 aromatic carbocycles. The lowest BCUT2D eigenvalue weighted by Crippen LogP contribution is -2.45. The summed E-state index contributed by atoms with van der Waals surface area (Å²) >= 11 is 0. The Bertz CT molecular complexity index is 321. The number of hydrogen-bond acceptors (Lipinski definition) is 5. The molecule has 130 valence electrons. The van der Waals surface area contributed by atoms with E-state index in [4.69, 9.17) is 4.74 Å². The molecule has 1 rings (SSSR count). The lowest BCUT2D eigenvalue weighted by Gasteiger charge is -2.29. The van der Waals surface area contributed by atoms with Gasteiger partial charge in [-0.15, -0.1) is 0 Å². The second-order valence-electron chi connectivity index (χ2n) is 7.11. The van der Waals surface area contributed by atoms with Crippen LogP contribution in [0.3, 0.4) is 0 Å². The van der Waals surface area contributed by atoms with Crippen LogP contribution in [0, 0.1) is 0 Å². The largest absolute Gasteiger partial charge is 0.444 e. The summed E-state index contributed by atoms with van der Waals surface area (Å²) in [6.45, 7) is 10.9. The molecule has 0 aromatic heterocycles. The molecule has 1 saturated heterocycles. The summed E-state index contributed by atoms with van der Waals surface area (Å²) in [5.41, 5.74) is -0.519. The SMILES string of the molecule is CC(O)CN(CCNC1CCCNCC1)C(=O)OC(C)(C)C. The third kappa shape index (κ3) is 8.56. The first-order valence-electron chi connectivity index (χ1n) is 8.38. The van der Waals surface area contributed by atoms with E-state index < -0.39 is 11.7 Å². The van der Waals surface area contributed by atoms with Crippen LogP contribution < -0.4 is 10.6 Å². The summed E-state index contributed by atoms with van der Waals surface area (Å²) in [6.07, 6.45) is 2.53. The van der Waals surface area contributed by atoms with Crippen LogP contribution in [-0.4, -0.2) is 66.6 Å². The second-order valence-corrected chi connectivity index (χ2v) is 7.11. The number of carbonyl (C=O) groups is 1. The summed E-state index contributed by atoms with van der Waals surface area (Å²) in [5.74, 6) is 0. The van der Waals surface area contributed by atoms with Crippen molar-refractivity contribution in [1.82, 2.24) is 15.5 Å². The fourth-order valence-electron chi connectivity index (χ4n) is 2.53. The zero-order valence-corrected chi connectivity index (χ0v) is 14.5. The van der Waals surface area contributed by atoms with E-state index in [0.29, 0.717) is 19.1 Å². The van der Waals surface area contributed by atoms with E-state index in [0.717, 1.165) is 32.5 Å². The Morgan fingerprint density at radius 2 is 2.14 bits per heavy atom. The molecular weight excluding hydrogens is 282 g/mol. The monoisotopic (exact) mass is 315 g/mol. The van der Waals surface area contributed by atoms with Gasteiger partial charge >= 0.3 is 6.09 Å². The quantitative estimate of drug-likeness (QED) is 0.690. The highest BCUT2D eigenvalue weighted by Gasteiger charge is 2.23. The minimum atomic E-state index is -0.561. The van der Waals surface area contributed by atoms with Crippen molar-refractivity contribution in [2.24, 2.45) is 0 Å². The Morgan fingerprint density at radius 3 is 2.77 bits per heavy atom. The highest BCUT2D eigenvalue weighted by molar-refractivity contribution is 5.68. The Balaban J connectivity index is 2.41. The summed E-state index contributed by atoms with van der Waals surface area (Å²) < 4.78 is 5.40. The van der Waals surface area contributed by atoms with Gasteiger partial charge in [-0.2, -0.15) is 0 Å². The van der Waals surface area contributed by atoms with E-state index in [2.05, 4.69) is 10.6 Å². The first-order chi connectivity index (χ1) is 10.3. The number of rotatable bonds is 6. The predicted octanol–water partition coefficient (Wildman–Crippen LogP) is 1.34. The van der Waals surface area contributed by atoms with Gasteiger partial charge in [-0.3, -0.25) is 0 Å². The minimum Gasteiger partial charge on any atom is -0.444 e. The number of amides is 1. The molecule has 2 unspecified atom stereocenters. The summed E-state index contributed by atoms with van der Waals surface area (Å²) in [7, 11) is 0. The third-order valence-corrected chi connectivity index (χ3v) is 3.53. The standard InChI is InChI=1S/C16H33N3O3/c1-13(20)12-19(15(21)22-16(2,3)4)11-10-18-14-6-5-8-17-9-7-14/h13-14,17-18,20H,5-12H2,1-4H3. The number of nitrogens with zero attached hydrogens (tertiary/aromatic N) is 1. The molecule has 6 heteroatoms. The van der Waals surface area contributed by atoms with Gasteiger partial charge in [0.15, 0.2) is 0 Å². The summed E-state index contributed by atoms with van der Waals surface area (Å²) in [5, 5.41) is 16.5. The Kier molecular flexibility index (Phi) is 8.14. The number of hydrogen-bond donors (Lipinski definition) is 3. The lowest BCUT2D eigenvalue weighted by atomic mass is 10.1. The Morgan fingerprint density at radius 1 is 1.41 bits per heavy atom. The molecule has 0 aromatic rings. The number of aliphatic hydroxyl groups excluding tert-OH is 1. The maximum Gasteiger partial charge on any atom is 0.410 e. The molecule has 1 amide bonds. The van der Waals surface area contributed by atoms with Gasteiger partial charge in [-0.1, -0.05) is 0 Å². The van der Waals surface area contributed by atoms with Crippen LogP contribution in [0.2, 0.25) is 0 Å². The highest BCUT2D eigenvalue weighted by atomic mass is 16.6. The fourth-order valence-corrected chi connectivity index (χ4v) is 2.53. The molecule has 1 aliphatic rings. The van der Waals surface area contributed by atoms with Gasteiger partial charge in [0.2, 0.25) is 0 Å². The van der Waals surface area contributed by atoms with Crippen LogP contribution >= 0.6 is 0 Å². The van der Waals surface area contributed by atoms with Crippen molar-refractivity contribution in [2.45, 2.75) is 64.7 Å². The van der Waals surface area contributed by atoms with Crippen molar-refractivity contribution in [1.29, 1.82) is 0 Å². The maximum absolute atomic E-state index is 12.2. The zero-order valence-electron chi connectivity index (χ0n) is 14.5. The third-order valence-electron chi connectivity index (χ3n) is 3.53. The van der Waals surface area contributed by atoms with Gasteiger partial charge in [-0.05, 0) is 60.0 Å². The topological polar surface area (TPSA) is 73.8 Å². The van der Waals surface area contributed by atoms with Crippen molar-refractivity contribution in [2.75, 3.05) is 32.7 Å². The van der Waals surface area contributed by atoms with E-state index in [1.54, 1.807) is 11.8 Å². The van der Waals surface area contributed by atoms with Crippen LogP contribution in [0.1, 0.15) is 47.0 Å². The molecule has 3 N–H and O–H groups in total. The van der Waals surface area contributed by atoms with Gasteiger partial charge in [0.05, 0.1) is 6.10 Å². The second kappa shape index (κ2) is 9.33. The van der Waals surface area contributed by atoms with Gasteiger partial charge in [0.1, 0.15) is 5.60 Å². The predicted molar refractivity (Wildman–Crippen MR) is 88.0 cm³/mol. The molecule has 1 fully saturated rings. The Hall–Kier alpha value is -0.850. The molecule has 22 heavy (non-hydrogen) atoms. The zero-order chi connectivity index (χ0) is 16.6. The molecule has 0 aliphatic carbocycles. The van der Waals surface area contributed by atoms with Gasteiger partial charge in [0, 0.05) is 25.7 Å². The van der Waals surface area contributed by atoms with E-state index in [9.17, 15) is 9.90 Å². The number of nitrogens with one attached hydrogen (secondary N) is 2. The van der Waals surface area contributed by atoms with Gasteiger partial charge < -0.3 is 25.4 Å². The molecule has 6 nitrogen and oxygen atoms in total. The van der Waals surface area contributed by atoms with Crippen molar-refractivity contribution in [3.63, 3.8) is 0 Å². The first-order valence-corrected chi connectivity index (χ1v) is 8.38. The van der Waals surface area contributed by atoms with Crippen LogP contribution in [0.15, 0.2) is 0 Å². The van der Waals surface area contributed by atoms with Crippen molar-refractivity contribution in [3.05, 3.63) is 0 Å². The number of ether oxygens (including phenoxy) is 1. The molecule has 0 spiro atoms. The van der Waals surface area contributed by atoms with Crippen molar-refractivity contribution < 1.29 is 14.6 Å². The molecular formula is C16H33N3O3. The summed E-state index contributed by atoms with van der Waals surface area (Å²) in [6, 6.07) is 0.502. The number of aliphatic hydroxyl groups is 1. The van der Waals surface area contributed by atoms with Crippen molar-refractivity contribution in [3.8, 4) is 0 Å². The van der Waals surface area contributed by atoms with Gasteiger partial charge in [0.25, 0.3) is 0 Å². The molecule has 0 radical (unpaired) electrons. The minimum absolute atomic E-state index is 0.294. The van der Waals surface area contributed by atoms with E-state index >= 15 is 0 Å². The smallest absolute Gasteiger partial charge is 0.410 e. The normalized spacial score (nSPS) is 21.0. The van der Waals surface area contributed by atoms with E-state index in [1.807, 2.05) is 20.8 Å². The van der Waals surface area contributed by atoms with E-state index in [1.165, 1.54) is 6.42 Å². The van der Waals surface area contributed by atoms with Crippen LogP contribution in [-0.2, 0) is 4.74 Å². The average Bonchev–Trinajstić information content (AvgIpc) is 2.63. The lowest BCUT2D eigenvalue weighted by molar-refractivity contribution is 0.0163. The summed E-state index contributed by atoms with van der Waals surface area (Å²) in [4.78, 5) is 13.8. The maximum atomic E-state index is 12.2. The molecule has 2 atom stereocenters. The van der Waals surface area contributed by atoms with Crippen LogP contribution in [0.5, 0.6) is 0 Å². The average molecular weight is 315 g/mol. The van der Waals surface area contributed by atoms with Crippen LogP contribution in [0.25, 0.3) is 0 Å². The number of carbonyl (C=O) groups excluding carboxylic acids is 1. The Labute approximate surface area is 134 Å². The van der Waals surface area contributed by atoms with Crippen LogP contribution in [0.4, 0.5) is 4.79 Å². The van der Waals surface area contributed by atoms with E-state index in [-0.39, 0.29) is 6.09 Å². The molecule has 1 aliphatic heterocycles.